The van der Waals surface area contributed by atoms with Crippen LogP contribution in [0.5, 0.6) is 0 Å². The third kappa shape index (κ3) is 3.56. The molecular weight excluding hydrogens is 332 g/mol. The second-order valence-corrected chi connectivity index (χ2v) is 5.97. The fourth-order valence-corrected chi connectivity index (χ4v) is 2.77. The van der Waals surface area contributed by atoms with E-state index < -0.39 is 11.2 Å². The Hall–Kier alpha value is -3.22. The van der Waals surface area contributed by atoms with Crippen LogP contribution in [0.25, 0.3) is 11.0 Å². The third-order valence-corrected chi connectivity index (χ3v) is 4.04. The zero-order chi connectivity index (χ0) is 18.5. The van der Waals surface area contributed by atoms with Gasteiger partial charge < -0.3 is 5.32 Å². The van der Waals surface area contributed by atoms with E-state index in [-0.39, 0.29) is 24.5 Å². The first kappa shape index (κ1) is 17.6. The van der Waals surface area contributed by atoms with Crippen LogP contribution in [0, 0.1) is 0 Å². The fourth-order valence-electron chi connectivity index (χ4n) is 2.77. The van der Waals surface area contributed by atoms with Crippen molar-refractivity contribution in [2.24, 2.45) is 0 Å². The number of aromatic nitrogens is 3. The quantitative estimate of drug-likeness (QED) is 0.721. The van der Waals surface area contributed by atoms with Crippen molar-refractivity contribution in [3.05, 3.63) is 75.1 Å². The fraction of sp³-hybridized carbons (Fsp3) is 0.263. The molecular formula is C19H20N4O3. The molecule has 0 radical (unpaired) electrons. The Kier molecular flexibility index (Phi) is 5.26. The molecule has 0 saturated carbocycles. The summed E-state index contributed by atoms with van der Waals surface area (Å²) in [6.45, 7) is 2.46. The van der Waals surface area contributed by atoms with Gasteiger partial charge in [-0.1, -0.05) is 37.3 Å². The van der Waals surface area contributed by atoms with Crippen molar-refractivity contribution in [2.75, 3.05) is 6.54 Å². The van der Waals surface area contributed by atoms with Gasteiger partial charge in [0, 0.05) is 12.7 Å². The minimum Gasteiger partial charge on any atom is -0.355 e. The molecule has 0 bridgehead atoms. The van der Waals surface area contributed by atoms with Gasteiger partial charge in [0.05, 0.1) is 12.1 Å². The first-order valence-electron chi connectivity index (χ1n) is 8.50. The summed E-state index contributed by atoms with van der Waals surface area (Å²) in [7, 11) is 0. The van der Waals surface area contributed by atoms with Crippen molar-refractivity contribution >= 4 is 16.9 Å². The zero-order valence-corrected chi connectivity index (χ0v) is 14.5. The van der Waals surface area contributed by atoms with Crippen molar-refractivity contribution in [1.29, 1.82) is 0 Å². The average molecular weight is 352 g/mol. The monoisotopic (exact) mass is 352 g/mol. The van der Waals surface area contributed by atoms with Crippen LogP contribution in [0.1, 0.15) is 18.9 Å². The van der Waals surface area contributed by atoms with Crippen LogP contribution in [0.4, 0.5) is 0 Å². The highest BCUT2D eigenvalue weighted by Gasteiger charge is 2.16. The first-order chi connectivity index (χ1) is 12.6. The molecule has 26 heavy (non-hydrogen) atoms. The second kappa shape index (κ2) is 7.77. The Labute approximate surface area is 149 Å². The number of rotatable bonds is 6. The molecule has 2 aromatic heterocycles. The number of hydrogen-bond donors (Lipinski definition) is 1. The lowest BCUT2D eigenvalue weighted by Gasteiger charge is -2.13. The topological polar surface area (TPSA) is 86.0 Å². The molecule has 1 amide bonds. The van der Waals surface area contributed by atoms with E-state index in [4.69, 9.17) is 0 Å². The summed E-state index contributed by atoms with van der Waals surface area (Å²) in [6.07, 6.45) is 2.30. The molecule has 0 fully saturated rings. The molecule has 0 aliphatic rings. The number of benzene rings is 1. The molecule has 7 heteroatoms. The van der Waals surface area contributed by atoms with Crippen LogP contribution in [-0.4, -0.2) is 26.6 Å². The molecule has 3 aromatic rings. The second-order valence-electron chi connectivity index (χ2n) is 5.97. The van der Waals surface area contributed by atoms with E-state index in [0.717, 1.165) is 16.6 Å². The van der Waals surface area contributed by atoms with Crippen LogP contribution >= 0.6 is 0 Å². The van der Waals surface area contributed by atoms with Crippen molar-refractivity contribution in [3.63, 3.8) is 0 Å². The molecule has 1 aromatic carbocycles. The van der Waals surface area contributed by atoms with Gasteiger partial charge in [-0.2, -0.15) is 0 Å². The summed E-state index contributed by atoms with van der Waals surface area (Å²) < 4.78 is 2.43. The van der Waals surface area contributed by atoms with Gasteiger partial charge in [0.1, 0.15) is 6.54 Å². The van der Waals surface area contributed by atoms with Crippen molar-refractivity contribution in [2.45, 2.75) is 26.4 Å². The summed E-state index contributed by atoms with van der Waals surface area (Å²) in [5.74, 6) is -0.274. The maximum Gasteiger partial charge on any atom is 0.332 e. The van der Waals surface area contributed by atoms with E-state index in [0.29, 0.717) is 12.1 Å². The molecule has 0 saturated heterocycles. The summed E-state index contributed by atoms with van der Waals surface area (Å²) in [5, 5.41) is 2.75. The van der Waals surface area contributed by atoms with E-state index in [2.05, 4.69) is 10.3 Å². The Morgan fingerprint density at radius 2 is 1.85 bits per heavy atom. The van der Waals surface area contributed by atoms with Crippen LogP contribution in [-0.2, 0) is 17.9 Å². The molecule has 0 unspecified atom stereocenters. The van der Waals surface area contributed by atoms with E-state index in [9.17, 15) is 14.4 Å². The highest BCUT2D eigenvalue weighted by Crippen LogP contribution is 2.06. The van der Waals surface area contributed by atoms with Crippen molar-refractivity contribution < 1.29 is 4.79 Å². The van der Waals surface area contributed by atoms with Gasteiger partial charge in [-0.15, -0.1) is 0 Å². The maximum absolute atomic E-state index is 12.9. The number of fused-ring (bicyclic) bond motifs is 1. The third-order valence-electron chi connectivity index (χ3n) is 4.04. The summed E-state index contributed by atoms with van der Waals surface area (Å²) in [4.78, 5) is 42.0. The lowest BCUT2D eigenvalue weighted by Crippen LogP contribution is -2.43. The molecule has 0 aliphatic heterocycles. The van der Waals surface area contributed by atoms with Gasteiger partial charge in [-0.05, 0) is 24.1 Å². The van der Waals surface area contributed by atoms with Gasteiger partial charge in [0.2, 0.25) is 5.91 Å². The number of nitrogens with one attached hydrogen (secondary N) is 1. The van der Waals surface area contributed by atoms with E-state index >= 15 is 0 Å². The molecule has 0 aliphatic carbocycles. The van der Waals surface area contributed by atoms with Gasteiger partial charge in [0.25, 0.3) is 5.56 Å². The number of hydrogen-bond acceptors (Lipinski definition) is 4. The maximum atomic E-state index is 12.9. The summed E-state index contributed by atoms with van der Waals surface area (Å²) in [6, 6.07) is 12.5. The van der Waals surface area contributed by atoms with Gasteiger partial charge in [-0.25, -0.2) is 9.78 Å². The summed E-state index contributed by atoms with van der Waals surface area (Å²) >= 11 is 0. The zero-order valence-electron chi connectivity index (χ0n) is 14.5. The van der Waals surface area contributed by atoms with Crippen molar-refractivity contribution in [3.8, 4) is 0 Å². The predicted molar refractivity (Wildman–Crippen MR) is 99.1 cm³/mol. The molecule has 134 valence electrons. The van der Waals surface area contributed by atoms with Crippen LogP contribution in [0.3, 0.4) is 0 Å². The minimum absolute atomic E-state index is 0.127. The lowest BCUT2D eigenvalue weighted by molar-refractivity contribution is -0.121. The Balaban J connectivity index is 2.12. The Morgan fingerprint density at radius 3 is 2.58 bits per heavy atom. The lowest BCUT2D eigenvalue weighted by atomic mass is 10.2. The SMILES string of the molecule is CCCNC(=O)Cn1c(=O)n(Cc2ccccc2)c(=O)c2ncccc21. The Bertz CT molecular complexity index is 1040. The molecule has 3 rings (SSSR count). The van der Waals surface area contributed by atoms with Crippen LogP contribution in [0.15, 0.2) is 58.3 Å². The number of carbonyl (C=O) groups excluding carboxylic acids is 1. The van der Waals surface area contributed by atoms with Gasteiger partial charge in [-0.3, -0.25) is 18.7 Å². The number of carbonyl (C=O) groups is 1. The molecule has 0 spiro atoms. The number of amides is 1. The standard InChI is InChI=1S/C19H20N4O3/c1-2-10-20-16(24)13-22-15-9-6-11-21-17(15)18(25)23(19(22)26)12-14-7-4-3-5-8-14/h3-9,11H,2,10,12-13H2,1H3,(H,20,24). The van der Waals surface area contributed by atoms with Crippen molar-refractivity contribution in [1.82, 2.24) is 19.4 Å². The average Bonchev–Trinajstić information content (AvgIpc) is 2.67. The van der Waals surface area contributed by atoms with E-state index in [1.807, 2.05) is 37.3 Å². The van der Waals surface area contributed by atoms with Gasteiger partial charge >= 0.3 is 5.69 Å². The van der Waals surface area contributed by atoms with Crippen LogP contribution in [0.2, 0.25) is 0 Å². The molecule has 7 nitrogen and oxygen atoms in total. The highest BCUT2D eigenvalue weighted by atomic mass is 16.2. The highest BCUT2D eigenvalue weighted by molar-refractivity contribution is 5.79. The van der Waals surface area contributed by atoms with E-state index in [1.165, 1.54) is 10.8 Å². The predicted octanol–water partition coefficient (Wildman–Crippen LogP) is 1.13. The Morgan fingerprint density at radius 1 is 1.08 bits per heavy atom. The first-order valence-corrected chi connectivity index (χ1v) is 8.50. The molecule has 0 atom stereocenters. The summed E-state index contributed by atoms with van der Waals surface area (Å²) in [5.41, 5.74) is 0.374. The van der Waals surface area contributed by atoms with Gasteiger partial charge in [0.15, 0.2) is 5.52 Å². The van der Waals surface area contributed by atoms with Crippen LogP contribution < -0.4 is 16.6 Å². The number of pyridine rings is 1. The normalized spacial score (nSPS) is 10.8. The largest absolute Gasteiger partial charge is 0.355 e. The number of nitrogens with zero attached hydrogens (tertiary/aromatic N) is 3. The molecule has 1 N–H and O–H groups in total. The smallest absolute Gasteiger partial charge is 0.332 e. The minimum atomic E-state index is -0.522. The van der Waals surface area contributed by atoms with E-state index in [1.54, 1.807) is 12.1 Å². The molecule has 2 heterocycles.